The third-order valence-electron chi connectivity index (χ3n) is 2.46. The fourth-order valence-electron chi connectivity index (χ4n) is 1.60. The highest BCUT2D eigenvalue weighted by Gasteiger charge is 2.14. The standard InChI is InChI=1S/C13H15F2NO/c1-3-4-5-6-16(2)13-11(14)7-10(9-17)8-12(13)15/h3,7-9H,1,4-6H2,2H3. The van der Waals surface area contributed by atoms with Gasteiger partial charge in [-0.1, -0.05) is 6.08 Å². The van der Waals surface area contributed by atoms with E-state index >= 15 is 0 Å². The Kier molecular flexibility index (Phi) is 4.82. The molecule has 92 valence electrons. The number of carbonyl (C=O) groups excluding carboxylic acids is 1. The molecule has 0 aliphatic heterocycles. The second-order valence-electron chi connectivity index (χ2n) is 3.80. The molecule has 0 unspecified atom stereocenters. The molecule has 0 spiro atoms. The number of carbonyl (C=O) groups is 1. The Balaban J connectivity index is 2.89. The molecule has 0 saturated heterocycles. The predicted octanol–water partition coefficient (Wildman–Crippen LogP) is 3.18. The van der Waals surface area contributed by atoms with Crippen LogP contribution in [0.4, 0.5) is 14.5 Å². The van der Waals surface area contributed by atoms with Crippen molar-refractivity contribution in [3.05, 3.63) is 42.0 Å². The zero-order valence-corrected chi connectivity index (χ0v) is 9.75. The van der Waals surface area contributed by atoms with Gasteiger partial charge in [0.1, 0.15) is 23.6 Å². The van der Waals surface area contributed by atoms with Gasteiger partial charge in [0, 0.05) is 19.2 Å². The van der Waals surface area contributed by atoms with Gasteiger partial charge in [-0.2, -0.15) is 0 Å². The van der Waals surface area contributed by atoms with Crippen molar-refractivity contribution in [2.75, 3.05) is 18.5 Å². The van der Waals surface area contributed by atoms with Crippen molar-refractivity contribution in [1.29, 1.82) is 0 Å². The average Bonchev–Trinajstić information content (AvgIpc) is 2.28. The van der Waals surface area contributed by atoms with Crippen LogP contribution in [0.3, 0.4) is 0 Å². The third-order valence-corrected chi connectivity index (χ3v) is 2.46. The molecule has 0 aliphatic carbocycles. The monoisotopic (exact) mass is 239 g/mol. The topological polar surface area (TPSA) is 20.3 Å². The molecule has 0 aromatic heterocycles. The molecule has 2 nitrogen and oxygen atoms in total. The van der Waals surface area contributed by atoms with Gasteiger partial charge in [-0.05, 0) is 25.0 Å². The smallest absolute Gasteiger partial charge is 0.150 e. The lowest BCUT2D eigenvalue weighted by Crippen LogP contribution is -2.21. The fourth-order valence-corrected chi connectivity index (χ4v) is 1.60. The number of rotatable bonds is 6. The van der Waals surface area contributed by atoms with Gasteiger partial charge in [-0.3, -0.25) is 4.79 Å². The van der Waals surface area contributed by atoms with Crippen molar-refractivity contribution in [1.82, 2.24) is 0 Å². The van der Waals surface area contributed by atoms with Crippen molar-refractivity contribution in [3.8, 4) is 0 Å². The molecule has 1 rings (SSSR count). The first kappa shape index (κ1) is 13.4. The van der Waals surface area contributed by atoms with Crippen LogP contribution in [0.25, 0.3) is 0 Å². The van der Waals surface area contributed by atoms with E-state index in [1.165, 1.54) is 4.90 Å². The molecule has 0 bridgehead atoms. The highest BCUT2D eigenvalue weighted by atomic mass is 19.1. The lowest BCUT2D eigenvalue weighted by Gasteiger charge is -2.20. The zero-order valence-electron chi connectivity index (χ0n) is 9.75. The van der Waals surface area contributed by atoms with Crippen molar-refractivity contribution >= 4 is 12.0 Å². The van der Waals surface area contributed by atoms with Gasteiger partial charge in [0.25, 0.3) is 0 Å². The van der Waals surface area contributed by atoms with Crippen LogP contribution in [0.2, 0.25) is 0 Å². The Morgan fingerprint density at radius 2 is 1.94 bits per heavy atom. The van der Waals surface area contributed by atoms with E-state index in [2.05, 4.69) is 6.58 Å². The number of allylic oxidation sites excluding steroid dienone is 1. The van der Waals surface area contributed by atoms with Gasteiger partial charge in [0.2, 0.25) is 0 Å². The maximum atomic E-state index is 13.6. The highest BCUT2D eigenvalue weighted by molar-refractivity contribution is 5.76. The summed E-state index contributed by atoms with van der Waals surface area (Å²) in [5, 5.41) is 0. The molecule has 0 radical (unpaired) electrons. The maximum Gasteiger partial charge on any atom is 0.150 e. The van der Waals surface area contributed by atoms with Gasteiger partial charge in [0.05, 0.1) is 0 Å². The first-order chi connectivity index (χ1) is 8.10. The minimum atomic E-state index is -0.715. The number of benzene rings is 1. The first-order valence-corrected chi connectivity index (χ1v) is 5.36. The summed E-state index contributed by atoms with van der Waals surface area (Å²) >= 11 is 0. The predicted molar refractivity (Wildman–Crippen MR) is 64.4 cm³/mol. The number of hydrogen-bond donors (Lipinski definition) is 0. The van der Waals surface area contributed by atoms with Crippen LogP contribution in [-0.4, -0.2) is 19.9 Å². The molecule has 0 amide bonds. The number of unbranched alkanes of at least 4 members (excludes halogenated alkanes) is 1. The summed E-state index contributed by atoms with van der Waals surface area (Å²) in [6.45, 7) is 4.11. The summed E-state index contributed by atoms with van der Waals surface area (Å²) in [6, 6.07) is 2.07. The number of anilines is 1. The molecular weight excluding hydrogens is 224 g/mol. The summed E-state index contributed by atoms with van der Waals surface area (Å²) in [6.07, 6.45) is 3.75. The summed E-state index contributed by atoms with van der Waals surface area (Å²) in [5.41, 5.74) is -0.0945. The fraction of sp³-hybridized carbons (Fsp3) is 0.308. The van der Waals surface area contributed by atoms with E-state index in [9.17, 15) is 13.6 Å². The Hall–Kier alpha value is -1.71. The van der Waals surface area contributed by atoms with E-state index in [1.54, 1.807) is 13.1 Å². The minimum absolute atomic E-state index is 0.00300. The van der Waals surface area contributed by atoms with Crippen LogP contribution in [0.1, 0.15) is 23.2 Å². The van der Waals surface area contributed by atoms with Gasteiger partial charge >= 0.3 is 0 Å². The van der Waals surface area contributed by atoms with E-state index < -0.39 is 11.6 Å². The van der Waals surface area contributed by atoms with Crippen LogP contribution in [0.5, 0.6) is 0 Å². The van der Waals surface area contributed by atoms with Gasteiger partial charge in [-0.15, -0.1) is 6.58 Å². The lowest BCUT2D eigenvalue weighted by molar-refractivity contribution is 0.112. The maximum absolute atomic E-state index is 13.6. The molecular formula is C13H15F2NO. The van der Waals surface area contributed by atoms with E-state index in [0.717, 1.165) is 25.0 Å². The molecule has 17 heavy (non-hydrogen) atoms. The van der Waals surface area contributed by atoms with Crippen LogP contribution in [0, 0.1) is 11.6 Å². The van der Waals surface area contributed by atoms with Gasteiger partial charge < -0.3 is 4.90 Å². The highest BCUT2D eigenvalue weighted by Crippen LogP contribution is 2.23. The summed E-state index contributed by atoms with van der Waals surface area (Å²) in [4.78, 5) is 11.9. The molecule has 0 atom stereocenters. The number of nitrogens with zero attached hydrogens (tertiary/aromatic N) is 1. The number of halogens is 2. The van der Waals surface area contributed by atoms with Crippen molar-refractivity contribution < 1.29 is 13.6 Å². The molecule has 0 aliphatic rings. The third kappa shape index (κ3) is 3.37. The van der Waals surface area contributed by atoms with E-state index in [0.29, 0.717) is 12.8 Å². The van der Waals surface area contributed by atoms with Crippen molar-refractivity contribution in [2.45, 2.75) is 12.8 Å². The van der Waals surface area contributed by atoms with Crippen LogP contribution >= 0.6 is 0 Å². The quantitative estimate of drug-likeness (QED) is 0.431. The van der Waals surface area contributed by atoms with E-state index in [1.807, 2.05) is 0 Å². The largest absolute Gasteiger partial charge is 0.370 e. The molecule has 1 aromatic carbocycles. The molecule has 0 fully saturated rings. The molecule has 4 heteroatoms. The van der Waals surface area contributed by atoms with Crippen LogP contribution in [0.15, 0.2) is 24.8 Å². The summed E-state index contributed by atoms with van der Waals surface area (Å²) in [7, 11) is 1.62. The van der Waals surface area contributed by atoms with Crippen LogP contribution < -0.4 is 4.90 Å². The van der Waals surface area contributed by atoms with E-state index in [4.69, 9.17) is 0 Å². The number of hydrogen-bond acceptors (Lipinski definition) is 2. The molecule has 0 saturated carbocycles. The van der Waals surface area contributed by atoms with Crippen LogP contribution in [-0.2, 0) is 0 Å². The normalized spacial score (nSPS) is 10.1. The van der Waals surface area contributed by atoms with Gasteiger partial charge in [-0.25, -0.2) is 8.78 Å². The average molecular weight is 239 g/mol. The SMILES string of the molecule is C=CCCCN(C)c1c(F)cc(C=O)cc1F. The molecule has 0 heterocycles. The number of aldehydes is 1. The second-order valence-corrected chi connectivity index (χ2v) is 3.80. The molecule has 1 aromatic rings. The van der Waals surface area contributed by atoms with Crippen molar-refractivity contribution in [2.24, 2.45) is 0 Å². The second kappa shape index (κ2) is 6.13. The first-order valence-electron chi connectivity index (χ1n) is 5.36. The summed E-state index contributed by atoms with van der Waals surface area (Å²) in [5.74, 6) is -1.43. The minimum Gasteiger partial charge on any atom is -0.370 e. The Labute approximate surface area is 99.5 Å². The Morgan fingerprint density at radius 3 is 2.41 bits per heavy atom. The van der Waals surface area contributed by atoms with Gasteiger partial charge in [0.15, 0.2) is 0 Å². The zero-order chi connectivity index (χ0) is 12.8. The Bertz CT molecular complexity index is 395. The lowest BCUT2D eigenvalue weighted by atomic mass is 10.2. The van der Waals surface area contributed by atoms with E-state index in [-0.39, 0.29) is 11.3 Å². The summed E-state index contributed by atoms with van der Waals surface area (Å²) < 4.78 is 27.2. The Morgan fingerprint density at radius 1 is 1.35 bits per heavy atom. The molecule has 0 N–H and O–H groups in total. The van der Waals surface area contributed by atoms with Crippen molar-refractivity contribution in [3.63, 3.8) is 0 Å².